The maximum Gasteiger partial charge on any atom is 0.416 e. The lowest BCUT2D eigenvalue weighted by molar-refractivity contribution is -0.166. The number of carboxylic acid groups (broad SMARTS) is 1. The number of aliphatic carboxylic acids is 1. The first-order valence-corrected chi connectivity index (χ1v) is 11.2. The van der Waals surface area contributed by atoms with E-state index < -0.39 is 28.7 Å². The Hall–Kier alpha value is -2.60. The van der Waals surface area contributed by atoms with Crippen LogP contribution in [0.2, 0.25) is 0 Å². The van der Waals surface area contributed by atoms with Crippen molar-refractivity contribution in [1.29, 1.82) is 5.26 Å². The van der Waals surface area contributed by atoms with Gasteiger partial charge < -0.3 is 15.2 Å². The van der Waals surface area contributed by atoms with Crippen molar-refractivity contribution in [2.75, 3.05) is 0 Å². The van der Waals surface area contributed by atoms with E-state index in [0.717, 1.165) is 31.4 Å². The van der Waals surface area contributed by atoms with Crippen molar-refractivity contribution in [1.82, 2.24) is 5.32 Å². The molecule has 2 atom stereocenters. The molecule has 0 spiro atoms. The van der Waals surface area contributed by atoms with Crippen molar-refractivity contribution in [2.24, 2.45) is 28.2 Å². The van der Waals surface area contributed by atoms with Gasteiger partial charge in [0.05, 0.1) is 17.6 Å². The number of nitriles is 1. The molecule has 9 heteroatoms. The molecule has 4 fully saturated rings. The minimum absolute atomic E-state index is 0.0232. The van der Waals surface area contributed by atoms with Crippen molar-refractivity contribution in [3.05, 3.63) is 35.4 Å². The van der Waals surface area contributed by atoms with Crippen LogP contribution in [0.1, 0.15) is 57.1 Å². The Kier molecular flexibility index (Phi) is 5.94. The van der Waals surface area contributed by atoms with Crippen LogP contribution in [0.4, 0.5) is 13.2 Å². The SMILES string of the molecule is CC(C)(OCc1ccc(C(F)(F)F)cc1)/C(=N\C#N)NC1C2CC3CC1CC(C(=O)O)(C3)C2. The van der Waals surface area contributed by atoms with Gasteiger partial charge in [-0.2, -0.15) is 23.4 Å². The molecule has 0 radical (unpaired) electrons. The molecule has 1 aromatic carbocycles. The Morgan fingerprint density at radius 1 is 1.21 bits per heavy atom. The van der Waals surface area contributed by atoms with Crippen molar-refractivity contribution < 1.29 is 27.8 Å². The molecule has 6 nitrogen and oxygen atoms in total. The molecular weight excluding hydrogens is 435 g/mol. The zero-order valence-electron chi connectivity index (χ0n) is 18.7. The molecule has 4 aliphatic carbocycles. The van der Waals surface area contributed by atoms with Crippen LogP contribution in [0.25, 0.3) is 0 Å². The molecule has 4 aliphatic rings. The number of amidine groups is 1. The van der Waals surface area contributed by atoms with Crippen LogP contribution in [0.3, 0.4) is 0 Å². The molecule has 0 amide bonds. The number of halogens is 3. The van der Waals surface area contributed by atoms with E-state index in [1.54, 1.807) is 13.8 Å². The number of aliphatic imine (C=N–C) groups is 1. The fourth-order valence-corrected chi connectivity index (χ4v) is 6.19. The maximum atomic E-state index is 12.8. The zero-order chi connectivity index (χ0) is 24.0. The Morgan fingerprint density at radius 3 is 2.33 bits per heavy atom. The van der Waals surface area contributed by atoms with Gasteiger partial charge >= 0.3 is 12.1 Å². The fraction of sp³-hybridized carbons (Fsp3) is 0.625. The molecule has 4 saturated carbocycles. The number of carbonyl (C=O) groups is 1. The number of carboxylic acids is 1. The minimum atomic E-state index is -4.40. The highest BCUT2D eigenvalue weighted by Gasteiger charge is 2.59. The first kappa shape index (κ1) is 23.6. The van der Waals surface area contributed by atoms with Gasteiger partial charge in [0.1, 0.15) is 11.4 Å². The summed E-state index contributed by atoms with van der Waals surface area (Å²) in [5, 5.41) is 22.5. The van der Waals surface area contributed by atoms with E-state index in [1.807, 2.05) is 6.19 Å². The van der Waals surface area contributed by atoms with Crippen LogP contribution in [-0.4, -0.2) is 28.6 Å². The number of nitrogens with one attached hydrogen (secondary N) is 1. The third-order valence-corrected chi connectivity index (χ3v) is 7.64. The summed E-state index contributed by atoms with van der Waals surface area (Å²) in [6, 6.07) is 4.80. The number of nitrogens with zero attached hydrogens (tertiary/aromatic N) is 2. The Balaban J connectivity index is 1.45. The van der Waals surface area contributed by atoms with Crippen LogP contribution in [0.15, 0.2) is 29.3 Å². The van der Waals surface area contributed by atoms with Gasteiger partial charge in [-0.15, -0.1) is 0 Å². The van der Waals surface area contributed by atoms with Crippen LogP contribution in [0, 0.1) is 34.6 Å². The lowest BCUT2D eigenvalue weighted by Crippen LogP contribution is -2.62. The van der Waals surface area contributed by atoms with E-state index in [9.17, 15) is 28.3 Å². The summed E-state index contributed by atoms with van der Waals surface area (Å²) >= 11 is 0. The highest BCUT2D eigenvalue weighted by atomic mass is 19.4. The molecule has 33 heavy (non-hydrogen) atoms. The van der Waals surface area contributed by atoms with E-state index in [4.69, 9.17) is 4.74 Å². The van der Waals surface area contributed by atoms with Crippen molar-refractivity contribution in [3.63, 3.8) is 0 Å². The highest BCUT2D eigenvalue weighted by Crippen LogP contribution is 2.60. The standard InChI is InChI=1S/C24H28F3N3O3/c1-22(2,33-12-14-3-5-18(6-4-14)24(25,26)27)20(29-13-28)30-19-16-7-15-8-17(19)11-23(9-15,10-16)21(31)32/h3-6,15-17,19H,7-12H2,1-2H3,(H,29,30)(H,31,32). The van der Waals surface area contributed by atoms with Gasteiger partial charge in [-0.05, 0) is 81.4 Å². The largest absolute Gasteiger partial charge is 0.481 e. The van der Waals surface area contributed by atoms with E-state index in [-0.39, 0.29) is 24.5 Å². The second-order valence-electron chi connectivity index (χ2n) is 10.3. The Bertz CT molecular complexity index is 965. The van der Waals surface area contributed by atoms with Crippen molar-refractivity contribution in [2.45, 2.75) is 70.4 Å². The molecule has 2 N–H and O–H groups in total. The number of rotatable bonds is 6. The summed E-state index contributed by atoms with van der Waals surface area (Å²) in [4.78, 5) is 15.9. The molecule has 0 aliphatic heterocycles. The summed E-state index contributed by atoms with van der Waals surface area (Å²) in [6.45, 7) is 3.57. The topological polar surface area (TPSA) is 94.7 Å². The number of ether oxygens (including phenoxy) is 1. The highest BCUT2D eigenvalue weighted by molar-refractivity contribution is 5.91. The molecule has 1 aromatic rings. The zero-order valence-corrected chi connectivity index (χ0v) is 18.7. The fourth-order valence-electron chi connectivity index (χ4n) is 6.19. The lowest BCUT2D eigenvalue weighted by atomic mass is 9.48. The van der Waals surface area contributed by atoms with Gasteiger partial charge in [0, 0.05) is 6.04 Å². The summed E-state index contributed by atoms with van der Waals surface area (Å²) in [7, 11) is 0. The maximum absolute atomic E-state index is 12.8. The van der Waals surface area contributed by atoms with E-state index in [0.29, 0.717) is 30.2 Å². The smallest absolute Gasteiger partial charge is 0.416 e. The lowest BCUT2D eigenvalue weighted by Gasteiger charge is -2.58. The van der Waals surface area contributed by atoms with Gasteiger partial charge in [-0.3, -0.25) is 4.79 Å². The summed E-state index contributed by atoms with van der Waals surface area (Å²) in [5.41, 5.74) is -1.77. The van der Waals surface area contributed by atoms with Gasteiger partial charge in [-0.1, -0.05) is 12.1 Å². The van der Waals surface area contributed by atoms with Gasteiger partial charge in [0.2, 0.25) is 6.19 Å². The Morgan fingerprint density at radius 2 is 1.82 bits per heavy atom. The monoisotopic (exact) mass is 463 g/mol. The second-order valence-corrected chi connectivity index (χ2v) is 10.3. The predicted molar refractivity (Wildman–Crippen MR) is 114 cm³/mol. The summed E-state index contributed by atoms with van der Waals surface area (Å²) in [5.74, 6) is 0.478. The third-order valence-electron chi connectivity index (χ3n) is 7.64. The molecule has 178 valence electrons. The number of alkyl halides is 3. The molecule has 0 aromatic heterocycles. The first-order valence-electron chi connectivity index (χ1n) is 11.2. The molecule has 4 bridgehead atoms. The quantitative estimate of drug-likeness (QED) is 0.361. The first-order chi connectivity index (χ1) is 15.4. The van der Waals surface area contributed by atoms with Crippen molar-refractivity contribution in [3.8, 4) is 6.19 Å². The molecule has 0 saturated heterocycles. The average Bonchev–Trinajstić information content (AvgIpc) is 2.73. The summed E-state index contributed by atoms with van der Waals surface area (Å²) in [6.07, 6.45) is 1.36. The Labute approximate surface area is 190 Å². The number of hydrogen-bond acceptors (Lipinski definition) is 4. The number of hydrogen-bond donors (Lipinski definition) is 2. The van der Waals surface area contributed by atoms with E-state index >= 15 is 0 Å². The average molecular weight is 464 g/mol. The second kappa shape index (κ2) is 8.32. The molecule has 5 rings (SSSR count). The van der Waals surface area contributed by atoms with Gasteiger partial charge in [0.25, 0.3) is 0 Å². The van der Waals surface area contributed by atoms with Gasteiger partial charge in [-0.25, -0.2) is 0 Å². The van der Waals surface area contributed by atoms with Crippen molar-refractivity contribution >= 4 is 11.8 Å². The van der Waals surface area contributed by atoms with Crippen LogP contribution in [-0.2, 0) is 22.3 Å². The van der Waals surface area contributed by atoms with E-state index in [1.165, 1.54) is 12.1 Å². The third kappa shape index (κ3) is 4.58. The number of benzene rings is 1. The minimum Gasteiger partial charge on any atom is -0.481 e. The molecule has 2 unspecified atom stereocenters. The predicted octanol–water partition coefficient (Wildman–Crippen LogP) is 4.75. The van der Waals surface area contributed by atoms with Crippen LogP contribution in [0.5, 0.6) is 0 Å². The normalized spacial score (nSPS) is 31.3. The van der Waals surface area contributed by atoms with Crippen LogP contribution >= 0.6 is 0 Å². The van der Waals surface area contributed by atoms with Crippen LogP contribution < -0.4 is 5.32 Å². The van der Waals surface area contributed by atoms with Gasteiger partial charge in [0.15, 0.2) is 0 Å². The van der Waals surface area contributed by atoms with E-state index in [2.05, 4.69) is 10.3 Å². The molecule has 0 heterocycles. The molecular formula is C24H28F3N3O3. The summed E-state index contributed by atoms with van der Waals surface area (Å²) < 4.78 is 44.3.